The first kappa shape index (κ1) is 18.4. The van der Waals surface area contributed by atoms with E-state index in [2.05, 4.69) is 10.3 Å². The lowest BCUT2D eigenvalue weighted by molar-refractivity contribution is -0.114. The predicted octanol–water partition coefficient (Wildman–Crippen LogP) is 1.34. The van der Waals surface area contributed by atoms with Crippen molar-refractivity contribution >= 4 is 17.4 Å². The lowest BCUT2D eigenvalue weighted by Crippen LogP contribution is -2.17. The Balaban J connectivity index is 3.01. The van der Waals surface area contributed by atoms with Crippen LogP contribution in [0.3, 0.4) is 0 Å². The van der Waals surface area contributed by atoms with Crippen molar-refractivity contribution in [3.05, 3.63) is 33.6 Å². The standard InChI is InChI=1S/C17H15N5O4/c1-8(23)21-12-5-14(26-3)13(25-2)4-9(12)15-10(6-18)16(20)22-17(24)11(15)7-19/h4-5H,1-3H3,(H,21,23)(H3,20,22,24). The molecule has 0 saturated carbocycles. The van der Waals surface area contributed by atoms with Gasteiger partial charge < -0.3 is 25.5 Å². The van der Waals surface area contributed by atoms with Crippen LogP contribution in [0.1, 0.15) is 18.1 Å². The Kier molecular flexibility index (Phi) is 5.14. The van der Waals surface area contributed by atoms with Crippen LogP contribution in [-0.2, 0) is 4.79 Å². The molecule has 0 aliphatic heterocycles. The van der Waals surface area contributed by atoms with Crippen LogP contribution in [0, 0.1) is 22.7 Å². The molecule has 9 nitrogen and oxygen atoms in total. The van der Waals surface area contributed by atoms with Gasteiger partial charge in [0.05, 0.1) is 19.9 Å². The second-order valence-corrected chi connectivity index (χ2v) is 5.15. The number of nitrogens with two attached hydrogens (primary N) is 1. The molecule has 0 radical (unpaired) electrons. The highest BCUT2D eigenvalue weighted by molar-refractivity contribution is 5.97. The van der Waals surface area contributed by atoms with Gasteiger partial charge in [-0.25, -0.2) is 0 Å². The summed E-state index contributed by atoms with van der Waals surface area (Å²) in [5.41, 5.74) is 5.04. The molecule has 4 N–H and O–H groups in total. The highest BCUT2D eigenvalue weighted by Gasteiger charge is 2.23. The monoisotopic (exact) mass is 353 g/mol. The third kappa shape index (κ3) is 3.14. The molecule has 0 aliphatic rings. The van der Waals surface area contributed by atoms with Crippen molar-refractivity contribution in [2.75, 3.05) is 25.3 Å². The van der Waals surface area contributed by atoms with Gasteiger partial charge in [-0.1, -0.05) is 0 Å². The number of aromatic nitrogens is 1. The maximum Gasteiger partial charge on any atom is 0.268 e. The number of nitrogen functional groups attached to an aromatic ring is 1. The van der Waals surface area contributed by atoms with Crippen molar-refractivity contribution in [3.8, 4) is 34.8 Å². The minimum absolute atomic E-state index is 0.000882. The number of pyridine rings is 1. The van der Waals surface area contributed by atoms with Gasteiger partial charge >= 0.3 is 0 Å². The van der Waals surface area contributed by atoms with E-state index in [4.69, 9.17) is 15.2 Å². The quantitative estimate of drug-likeness (QED) is 0.749. The van der Waals surface area contributed by atoms with Gasteiger partial charge in [0, 0.05) is 24.1 Å². The molecule has 26 heavy (non-hydrogen) atoms. The van der Waals surface area contributed by atoms with Gasteiger partial charge in [0.1, 0.15) is 29.1 Å². The number of ether oxygens (including phenoxy) is 2. The van der Waals surface area contributed by atoms with Crippen molar-refractivity contribution in [2.24, 2.45) is 0 Å². The number of nitrogens with one attached hydrogen (secondary N) is 2. The summed E-state index contributed by atoms with van der Waals surface area (Å²) >= 11 is 0. The van der Waals surface area contributed by atoms with Gasteiger partial charge in [-0.05, 0) is 6.07 Å². The van der Waals surface area contributed by atoms with Crippen LogP contribution in [0.4, 0.5) is 11.5 Å². The summed E-state index contributed by atoms with van der Waals surface area (Å²) < 4.78 is 10.5. The molecule has 0 saturated heterocycles. The number of aromatic amines is 1. The van der Waals surface area contributed by atoms with Crippen molar-refractivity contribution in [3.63, 3.8) is 0 Å². The van der Waals surface area contributed by atoms with E-state index in [9.17, 15) is 20.1 Å². The van der Waals surface area contributed by atoms with E-state index in [1.54, 1.807) is 6.07 Å². The Morgan fingerprint density at radius 3 is 2.23 bits per heavy atom. The van der Waals surface area contributed by atoms with Gasteiger partial charge in [0.15, 0.2) is 11.5 Å². The smallest absolute Gasteiger partial charge is 0.268 e. The van der Waals surface area contributed by atoms with Crippen molar-refractivity contribution in [2.45, 2.75) is 6.92 Å². The zero-order valence-electron chi connectivity index (χ0n) is 14.3. The van der Waals surface area contributed by atoms with E-state index in [1.165, 1.54) is 33.3 Å². The van der Waals surface area contributed by atoms with Crippen molar-refractivity contribution in [1.29, 1.82) is 10.5 Å². The summed E-state index contributed by atoms with van der Waals surface area (Å²) in [5.74, 6) is 0.0152. The summed E-state index contributed by atoms with van der Waals surface area (Å²) in [6.07, 6.45) is 0. The molecule has 132 valence electrons. The molecular weight excluding hydrogens is 338 g/mol. The van der Waals surface area contributed by atoms with Crippen LogP contribution >= 0.6 is 0 Å². The zero-order chi connectivity index (χ0) is 19.4. The van der Waals surface area contributed by atoms with Crippen LogP contribution in [0.5, 0.6) is 11.5 Å². The first-order valence-corrected chi connectivity index (χ1v) is 7.27. The van der Waals surface area contributed by atoms with Crippen molar-refractivity contribution < 1.29 is 14.3 Å². The fourth-order valence-corrected chi connectivity index (χ4v) is 2.49. The number of anilines is 2. The number of benzene rings is 1. The maximum atomic E-state index is 12.1. The molecular formula is C17H15N5O4. The number of amides is 1. The molecule has 1 aromatic heterocycles. The number of hydrogen-bond donors (Lipinski definition) is 3. The summed E-state index contributed by atoms with van der Waals surface area (Å²) in [6, 6.07) is 6.58. The van der Waals surface area contributed by atoms with Crippen LogP contribution in [0.2, 0.25) is 0 Å². The summed E-state index contributed by atoms with van der Waals surface area (Å²) in [5, 5.41) is 21.5. The van der Waals surface area contributed by atoms with Gasteiger partial charge in [0.2, 0.25) is 5.91 Å². The topological polar surface area (TPSA) is 154 Å². The number of carbonyl (C=O) groups excluding carboxylic acids is 1. The normalized spacial score (nSPS) is 9.73. The minimum Gasteiger partial charge on any atom is -0.493 e. The number of carbonyl (C=O) groups is 1. The number of methoxy groups -OCH3 is 2. The van der Waals surface area contributed by atoms with Gasteiger partial charge in [0.25, 0.3) is 5.56 Å². The largest absolute Gasteiger partial charge is 0.493 e. The molecule has 9 heteroatoms. The maximum absolute atomic E-state index is 12.1. The number of hydrogen-bond acceptors (Lipinski definition) is 7. The second kappa shape index (κ2) is 7.28. The molecule has 2 rings (SSSR count). The van der Waals surface area contributed by atoms with Gasteiger partial charge in [-0.15, -0.1) is 0 Å². The number of H-pyrrole nitrogens is 1. The Bertz CT molecular complexity index is 1030. The average molecular weight is 353 g/mol. The lowest BCUT2D eigenvalue weighted by atomic mass is 9.94. The fraction of sp³-hybridized carbons (Fsp3) is 0.176. The average Bonchev–Trinajstić information content (AvgIpc) is 2.60. The van der Waals surface area contributed by atoms with Crippen LogP contribution in [-0.4, -0.2) is 25.1 Å². The van der Waals surface area contributed by atoms with Crippen LogP contribution in [0.15, 0.2) is 16.9 Å². The van der Waals surface area contributed by atoms with Crippen LogP contribution < -0.4 is 26.1 Å². The highest BCUT2D eigenvalue weighted by Crippen LogP contribution is 2.41. The second-order valence-electron chi connectivity index (χ2n) is 5.15. The van der Waals surface area contributed by atoms with Crippen molar-refractivity contribution in [1.82, 2.24) is 4.98 Å². The Morgan fingerprint density at radius 2 is 1.73 bits per heavy atom. The summed E-state index contributed by atoms with van der Waals surface area (Å²) in [7, 11) is 2.82. The third-order valence-electron chi connectivity index (χ3n) is 3.57. The molecule has 0 bridgehead atoms. The predicted molar refractivity (Wildman–Crippen MR) is 93.7 cm³/mol. The molecule has 0 atom stereocenters. The fourth-order valence-electron chi connectivity index (χ4n) is 2.49. The molecule has 0 unspecified atom stereocenters. The lowest BCUT2D eigenvalue weighted by Gasteiger charge is -2.17. The Morgan fingerprint density at radius 1 is 1.15 bits per heavy atom. The molecule has 1 heterocycles. The SMILES string of the molecule is COc1cc(NC(C)=O)c(-c2c(C#N)c(N)[nH]c(=O)c2C#N)cc1OC. The summed E-state index contributed by atoms with van der Waals surface area (Å²) in [4.78, 5) is 26.0. The Hall–Kier alpha value is -3.98. The number of nitrogens with zero attached hydrogens (tertiary/aromatic N) is 2. The third-order valence-corrected chi connectivity index (χ3v) is 3.57. The van der Waals surface area contributed by atoms with E-state index in [1.807, 2.05) is 6.07 Å². The van der Waals surface area contributed by atoms with Gasteiger partial charge in [-0.2, -0.15) is 10.5 Å². The molecule has 1 aromatic carbocycles. The molecule has 2 aromatic rings. The first-order chi connectivity index (χ1) is 12.4. The first-order valence-electron chi connectivity index (χ1n) is 7.27. The van der Waals surface area contributed by atoms with E-state index >= 15 is 0 Å². The van der Waals surface area contributed by atoms with E-state index in [0.29, 0.717) is 5.75 Å². The Labute approximate surface area is 148 Å². The molecule has 0 aliphatic carbocycles. The van der Waals surface area contributed by atoms with E-state index in [-0.39, 0.29) is 39.5 Å². The number of rotatable bonds is 4. The zero-order valence-corrected chi connectivity index (χ0v) is 14.3. The highest BCUT2D eigenvalue weighted by atomic mass is 16.5. The summed E-state index contributed by atoms with van der Waals surface area (Å²) in [6.45, 7) is 1.29. The van der Waals surface area contributed by atoms with Crippen LogP contribution in [0.25, 0.3) is 11.1 Å². The minimum atomic E-state index is -0.748. The molecule has 0 spiro atoms. The molecule has 1 amide bonds. The van der Waals surface area contributed by atoms with E-state index < -0.39 is 11.5 Å². The van der Waals surface area contributed by atoms with E-state index in [0.717, 1.165) is 0 Å². The molecule has 0 fully saturated rings. The van der Waals surface area contributed by atoms with Gasteiger partial charge in [-0.3, -0.25) is 9.59 Å². The number of nitriles is 2.